The second kappa shape index (κ2) is 5.31. The third-order valence-corrected chi connectivity index (χ3v) is 4.11. The molecular formula is C8H15ClN2O4S. The van der Waals surface area contributed by atoms with Crippen LogP contribution < -0.4 is 0 Å². The second-order valence-corrected chi connectivity index (χ2v) is 6.28. The number of alkyl halides is 1. The summed E-state index contributed by atoms with van der Waals surface area (Å²) in [6.45, 7) is 2.06. The molecule has 0 aromatic heterocycles. The fourth-order valence-electron chi connectivity index (χ4n) is 1.55. The predicted molar refractivity (Wildman–Crippen MR) is 60.1 cm³/mol. The normalized spacial score (nSPS) is 21.9. The molecule has 6 nitrogen and oxygen atoms in total. The number of piperazine rings is 1. The minimum absolute atomic E-state index is 0.245. The van der Waals surface area contributed by atoms with Gasteiger partial charge in [-0.15, -0.1) is 11.6 Å². The molecule has 0 aliphatic carbocycles. The van der Waals surface area contributed by atoms with Crippen molar-refractivity contribution in [1.29, 1.82) is 0 Å². The summed E-state index contributed by atoms with van der Waals surface area (Å²) < 4.78 is 23.8. The zero-order valence-corrected chi connectivity index (χ0v) is 10.5. The summed E-state index contributed by atoms with van der Waals surface area (Å²) >= 11 is 5.60. The SMILES string of the molecule is CS(=O)(=O)N1CCN(CC(Cl)C(=O)O)CC1. The number of aliphatic carboxylic acids is 1. The Balaban J connectivity index is 2.41. The molecule has 1 unspecified atom stereocenters. The molecule has 94 valence electrons. The van der Waals surface area contributed by atoms with Crippen LogP contribution in [0.3, 0.4) is 0 Å². The van der Waals surface area contributed by atoms with Gasteiger partial charge in [0.05, 0.1) is 6.26 Å². The van der Waals surface area contributed by atoms with Crippen molar-refractivity contribution in [2.24, 2.45) is 0 Å². The first-order chi connectivity index (χ1) is 7.30. The Morgan fingerprint density at radius 3 is 2.25 bits per heavy atom. The molecule has 0 radical (unpaired) electrons. The number of carboxylic acid groups (broad SMARTS) is 1. The molecule has 8 heteroatoms. The van der Waals surface area contributed by atoms with Gasteiger partial charge in [0, 0.05) is 32.7 Å². The first-order valence-electron chi connectivity index (χ1n) is 4.85. The van der Waals surface area contributed by atoms with Gasteiger partial charge in [-0.25, -0.2) is 8.42 Å². The third-order valence-electron chi connectivity index (χ3n) is 2.49. The van der Waals surface area contributed by atoms with E-state index in [4.69, 9.17) is 16.7 Å². The van der Waals surface area contributed by atoms with Crippen molar-refractivity contribution in [2.45, 2.75) is 5.38 Å². The fraction of sp³-hybridized carbons (Fsp3) is 0.875. The van der Waals surface area contributed by atoms with Crippen molar-refractivity contribution in [1.82, 2.24) is 9.21 Å². The molecule has 1 N–H and O–H groups in total. The van der Waals surface area contributed by atoms with E-state index in [9.17, 15) is 13.2 Å². The molecule has 1 aliphatic heterocycles. The molecule has 1 rings (SSSR count). The van der Waals surface area contributed by atoms with E-state index in [0.717, 1.165) is 0 Å². The van der Waals surface area contributed by atoms with E-state index in [1.807, 2.05) is 4.90 Å². The van der Waals surface area contributed by atoms with Crippen LogP contribution >= 0.6 is 11.6 Å². The van der Waals surface area contributed by atoms with Gasteiger partial charge >= 0.3 is 5.97 Å². The highest BCUT2D eigenvalue weighted by Crippen LogP contribution is 2.08. The van der Waals surface area contributed by atoms with Crippen LogP contribution in [-0.4, -0.2) is 73.1 Å². The minimum atomic E-state index is -3.14. The molecule has 1 fully saturated rings. The summed E-state index contributed by atoms with van der Waals surface area (Å²) in [5, 5.41) is 7.69. The topological polar surface area (TPSA) is 77.9 Å². The van der Waals surface area contributed by atoms with E-state index in [0.29, 0.717) is 26.2 Å². The average molecular weight is 271 g/mol. The Labute approximate surface area is 99.8 Å². The Kier molecular flexibility index (Phi) is 4.54. The van der Waals surface area contributed by atoms with Crippen molar-refractivity contribution in [3.05, 3.63) is 0 Å². The van der Waals surface area contributed by atoms with Gasteiger partial charge in [0.1, 0.15) is 5.38 Å². The Bertz CT molecular complexity index is 351. The lowest BCUT2D eigenvalue weighted by molar-refractivity contribution is -0.137. The van der Waals surface area contributed by atoms with Crippen molar-refractivity contribution >= 4 is 27.6 Å². The van der Waals surface area contributed by atoms with Crippen molar-refractivity contribution in [2.75, 3.05) is 39.0 Å². The minimum Gasteiger partial charge on any atom is -0.480 e. The summed E-state index contributed by atoms with van der Waals surface area (Å²) in [6.07, 6.45) is 1.17. The maximum Gasteiger partial charge on any atom is 0.322 e. The predicted octanol–water partition coefficient (Wildman–Crippen LogP) is -0.744. The van der Waals surface area contributed by atoms with Crippen LogP contribution in [0.15, 0.2) is 0 Å². The van der Waals surface area contributed by atoms with Gasteiger partial charge in [-0.05, 0) is 0 Å². The van der Waals surface area contributed by atoms with E-state index in [-0.39, 0.29) is 6.54 Å². The number of rotatable bonds is 4. The molecule has 1 atom stereocenters. The van der Waals surface area contributed by atoms with Crippen LogP contribution in [0.1, 0.15) is 0 Å². The van der Waals surface area contributed by atoms with E-state index in [1.165, 1.54) is 10.6 Å². The first kappa shape index (κ1) is 13.7. The average Bonchev–Trinajstić information content (AvgIpc) is 2.17. The standard InChI is InChI=1S/C8H15ClN2O4S/c1-16(14,15)11-4-2-10(3-5-11)6-7(9)8(12)13/h7H,2-6H2,1H3,(H,12,13). The van der Waals surface area contributed by atoms with Gasteiger partial charge < -0.3 is 5.11 Å². The zero-order valence-electron chi connectivity index (χ0n) is 8.97. The molecule has 1 saturated heterocycles. The molecule has 0 aromatic carbocycles. The van der Waals surface area contributed by atoms with Crippen molar-refractivity contribution < 1.29 is 18.3 Å². The molecule has 0 saturated carbocycles. The smallest absolute Gasteiger partial charge is 0.322 e. The number of carbonyl (C=O) groups is 1. The molecule has 0 bridgehead atoms. The maximum absolute atomic E-state index is 11.2. The largest absolute Gasteiger partial charge is 0.480 e. The highest BCUT2D eigenvalue weighted by molar-refractivity contribution is 7.88. The van der Waals surface area contributed by atoms with Crippen LogP contribution in [0.4, 0.5) is 0 Å². The summed E-state index contributed by atoms with van der Waals surface area (Å²) in [5.41, 5.74) is 0. The van der Waals surface area contributed by atoms with Crippen LogP contribution in [0, 0.1) is 0 Å². The highest BCUT2D eigenvalue weighted by Gasteiger charge is 2.25. The second-order valence-electron chi connectivity index (χ2n) is 3.77. The van der Waals surface area contributed by atoms with Gasteiger partial charge in [0.15, 0.2) is 0 Å². The monoisotopic (exact) mass is 270 g/mol. The first-order valence-corrected chi connectivity index (χ1v) is 7.13. The molecule has 0 aromatic rings. The highest BCUT2D eigenvalue weighted by atomic mass is 35.5. The summed E-state index contributed by atoms with van der Waals surface area (Å²) in [6, 6.07) is 0. The molecule has 0 spiro atoms. The fourth-order valence-corrected chi connectivity index (χ4v) is 2.57. The van der Waals surface area contributed by atoms with Gasteiger partial charge in [0.2, 0.25) is 10.0 Å². The molecule has 1 aliphatic rings. The van der Waals surface area contributed by atoms with E-state index in [2.05, 4.69) is 0 Å². The van der Waals surface area contributed by atoms with Crippen LogP contribution in [0.25, 0.3) is 0 Å². The lowest BCUT2D eigenvalue weighted by atomic mass is 10.3. The summed E-state index contributed by atoms with van der Waals surface area (Å²) in [5.74, 6) is -1.05. The number of hydrogen-bond acceptors (Lipinski definition) is 4. The number of nitrogens with zero attached hydrogens (tertiary/aromatic N) is 2. The van der Waals surface area contributed by atoms with Crippen molar-refractivity contribution in [3.63, 3.8) is 0 Å². The van der Waals surface area contributed by atoms with Crippen LogP contribution in [-0.2, 0) is 14.8 Å². The third kappa shape index (κ3) is 3.89. The Morgan fingerprint density at radius 1 is 1.38 bits per heavy atom. The Morgan fingerprint density at radius 2 is 1.88 bits per heavy atom. The number of carboxylic acids is 1. The molecule has 1 heterocycles. The zero-order chi connectivity index (χ0) is 12.3. The maximum atomic E-state index is 11.2. The van der Waals surface area contributed by atoms with Gasteiger partial charge in [0.25, 0.3) is 0 Å². The summed E-state index contributed by atoms with van der Waals surface area (Å²) in [7, 11) is -3.14. The quantitative estimate of drug-likeness (QED) is 0.681. The summed E-state index contributed by atoms with van der Waals surface area (Å²) in [4.78, 5) is 12.4. The van der Waals surface area contributed by atoms with E-state index < -0.39 is 21.4 Å². The number of sulfonamides is 1. The number of halogens is 1. The molecule has 16 heavy (non-hydrogen) atoms. The molecule has 0 amide bonds. The van der Waals surface area contributed by atoms with Crippen molar-refractivity contribution in [3.8, 4) is 0 Å². The van der Waals surface area contributed by atoms with E-state index in [1.54, 1.807) is 0 Å². The van der Waals surface area contributed by atoms with Crippen LogP contribution in [0.2, 0.25) is 0 Å². The molecular weight excluding hydrogens is 256 g/mol. The van der Waals surface area contributed by atoms with Gasteiger partial charge in [-0.1, -0.05) is 0 Å². The Hall–Kier alpha value is -0.370. The number of hydrogen-bond donors (Lipinski definition) is 1. The van der Waals surface area contributed by atoms with E-state index >= 15 is 0 Å². The lowest BCUT2D eigenvalue weighted by Crippen LogP contribution is -2.50. The lowest BCUT2D eigenvalue weighted by Gasteiger charge is -2.33. The van der Waals surface area contributed by atoms with Crippen LogP contribution in [0.5, 0.6) is 0 Å². The van der Waals surface area contributed by atoms with Gasteiger partial charge in [-0.2, -0.15) is 4.31 Å². The van der Waals surface area contributed by atoms with Gasteiger partial charge in [-0.3, -0.25) is 9.69 Å².